The number of anilines is 2. The van der Waals surface area contributed by atoms with Gasteiger partial charge in [0.1, 0.15) is 5.37 Å². The fraction of sp³-hybridized carbons (Fsp3) is 0.188. The molecule has 3 N–H and O–H groups in total. The maximum atomic E-state index is 11.6. The van der Waals surface area contributed by atoms with Crippen molar-refractivity contribution in [2.24, 2.45) is 5.73 Å². The van der Waals surface area contributed by atoms with Crippen LogP contribution in [-0.4, -0.2) is 39.6 Å². The molecule has 3 aromatic rings. The van der Waals surface area contributed by atoms with E-state index in [0.29, 0.717) is 22.4 Å². The summed E-state index contributed by atoms with van der Waals surface area (Å²) in [6.45, 7) is 0.0786. The van der Waals surface area contributed by atoms with E-state index in [4.69, 9.17) is 17.3 Å². The summed E-state index contributed by atoms with van der Waals surface area (Å²) in [7, 11) is -3.36. The summed E-state index contributed by atoms with van der Waals surface area (Å²) in [6.07, 6.45) is 5.82. The van der Waals surface area contributed by atoms with Crippen molar-refractivity contribution in [3.8, 4) is 11.4 Å². The standard InChI is InChI=1S/C16H17ClN6O2S/c1-26(24,25)15(18)9-23-10-19-8-14(23)13-5-6-20-16(22-13)21-12-4-2-3-11(17)7-12/h2-8,10,15H,9,18H2,1H3,(H,20,21,22). The number of hydrogen-bond acceptors (Lipinski definition) is 7. The van der Waals surface area contributed by atoms with Gasteiger partial charge in [-0.3, -0.25) is 0 Å². The molecule has 2 aromatic heterocycles. The number of sulfone groups is 1. The molecule has 1 atom stereocenters. The molecule has 0 saturated heterocycles. The normalized spacial score (nSPS) is 12.7. The van der Waals surface area contributed by atoms with Gasteiger partial charge < -0.3 is 15.6 Å². The second kappa shape index (κ2) is 7.40. The molecule has 3 rings (SSSR count). The van der Waals surface area contributed by atoms with Gasteiger partial charge in [-0.2, -0.15) is 0 Å². The highest BCUT2D eigenvalue weighted by Gasteiger charge is 2.18. The number of aromatic nitrogens is 4. The molecule has 0 aliphatic heterocycles. The van der Waals surface area contributed by atoms with Crippen LogP contribution in [0.2, 0.25) is 5.02 Å². The lowest BCUT2D eigenvalue weighted by molar-refractivity contribution is 0.566. The van der Waals surface area contributed by atoms with Crippen LogP contribution in [0, 0.1) is 0 Å². The molecule has 0 fully saturated rings. The molecule has 1 aromatic carbocycles. The van der Waals surface area contributed by atoms with Gasteiger partial charge in [-0.15, -0.1) is 0 Å². The van der Waals surface area contributed by atoms with Crippen LogP contribution in [0.3, 0.4) is 0 Å². The Labute approximate surface area is 156 Å². The summed E-state index contributed by atoms with van der Waals surface area (Å²) < 4.78 is 24.8. The fourth-order valence-electron chi connectivity index (χ4n) is 2.27. The molecule has 2 heterocycles. The average molecular weight is 393 g/mol. The van der Waals surface area contributed by atoms with E-state index >= 15 is 0 Å². The largest absolute Gasteiger partial charge is 0.327 e. The first-order chi connectivity index (χ1) is 12.3. The zero-order chi connectivity index (χ0) is 18.7. The van der Waals surface area contributed by atoms with Gasteiger partial charge in [0.05, 0.1) is 30.5 Å². The zero-order valence-corrected chi connectivity index (χ0v) is 15.4. The summed E-state index contributed by atoms with van der Waals surface area (Å²) in [5.74, 6) is 0.380. The summed E-state index contributed by atoms with van der Waals surface area (Å²) in [6, 6.07) is 8.90. The van der Waals surface area contributed by atoms with Crippen LogP contribution in [0.5, 0.6) is 0 Å². The number of imidazole rings is 1. The van der Waals surface area contributed by atoms with Gasteiger partial charge >= 0.3 is 0 Å². The Kier molecular flexibility index (Phi) is 5.21. The van der Waals surface area contributed by atoms with Gasteiger partial charge in [0, 0.05) is 23.2 Å². The van der Waals surface area contributed by atoms with Crippen molar-refractivity contribution in [2.75, 3.05) is 11.6 Å². The van der Waals surface area contributed by atoms with Crippen molar-refractivity contribution in [1.29, 1.82) is 0 Å². The number of halogens is 1. The summed E-state index contributed by atoms with van der Waals surface area (Å²) in [5, 5.41) is 2.64. The van der Waals surface area contributed by atoms with Crippen molar-refractivity contribution >= 4 is 33.1 Å². The molecular weight excluding hydrogens is 376 g/mol. The first-order valence-electron chi connectivity index (χ1n) is 7.63. The van der Waals surface area contributed by atoms with E-state index in [1.165, 1.54) is 6.33 Å². The molecule has 8 nitrogen and oxygen atoms in total. The third-order valence-electron chi connectivity index (χ3n) is 3.64. The van der Waals surface area contributed by atoms with E-state index < -0.39 is 15.2 Å². The van der Waals surface area contributed by atoms with Gasteiger partial charge in [-0.25, -0.2) is 23.4 Å². The van der Waals surface area contributed by atoms with Crippen LogP contribution in [0.25, 0.3) is 11.4 Å². The van der Waals surface area contributed by atoms with Crippen LogP contribution < -0.4 is 11.1 Å². The number of hydrogen-bond donors (Lipinski definition) is 2. The highest BCUT2D eigenvalue weighted by Crippen LogP contribution is 2.21. The van der Waals surface area contributed by atoms with Crippen LogP contribution in [0.15, 0.2) is 49.1 Å². The molecule has 10 heteroatoms. The molecule has 0 aliphatic carbocycles. The SMILES string of the molecule is CS(=O)(=O)C(N)Cn1cncc1-c1ccnc(Nc2cccc(Cl)c2)n1. The van der Waals surface area contributed by atoms with Crippen LogP contribution in [0.4, 0.5) is 11.6 Å². The number of nitrogens with two attached hydrogens (primary N) is 1. The van der Waals surface area contributed by atoms with Crippen molar-refractivity contribution < 1.29 is 8.42 Å². The maximum Gasteiger partial charge on any atom is 0.227 e. The third-order valence-corrected chi connectivity index (χ3v) is 5.12. The minimum absolute atomic E-state index is 0.0786. The van der Waals surface area contributed by atoms with Crippen molar-refractivity contribution in [3.05, 3.63) is 54.1 Å². The quantitative estimate of drug-likeness (QED) is 0.659. The number of nitrogens with zero attached hydrogens (tertiary/aromatic N) is 4. The Balaban J connectivity index is 1.86. The molecule has 0 radical (unpaired) electrons. The smallest absolute Gasteiger partial charge is 0.227 e. The Morgan fingerprint density at radius 1 is 1.35 bits per heavy atom. The Morgan fingerprint density at radius 3 is 2.88 bits per heavy atom. The first kappa shape index (κ1) is 18.3. The molecule has 26 heavy (non-hydrogen) atoms. The highest BCUT2D eigenvalue weighted by molar-refractivity contribution is 7.91. The Bertz CT molecular complexity index is 1020. The summed E-state index contributed by atoms with van der Waals surface area (Å²) in [4.78, 5) is 12.7. The van der Waals surface area contributed by atoms with E-state index in [2.05, 4.69) is 20.3 Å². The van der Waals surface area contributed by atoms with Crippen molar-refractivity contribution in [3.63, 3.8) is 0 Å². The summed E-state index contributed by atoms with van der Waals surface area (Å²) in [5.41, 5.74) is 7.72. The minimum atomic E-state index is -3.36. The van der Waals surface area contributed by atoms with Crippen LogP contribution in [0.1, 0.15) is 0 Å². The average Bonchev–Trinajstić information content (AvgIpc) is 3.02. The molecule has 0 spiro atoms. The van der Waals surface area contributed by atoms with E-state index in [0.717, 1.165) is 11.9 Å². The van der Waals surface area contributed by atoms with Gasteiger partial charge in [-0.05, 0) is 24.3 Å². The van der Waals surface area contributed by atoms with Crippen LogP contribution in [-0.2, 0) is 16.4 Å². The number of benzene rings is 1. The fourth-order valence-corrected chi connectivity index (χ4v) is 2.89. The first-order valence-corrected chi connectivity index (χ1v) is 9.97. The number of nitrogens with one attached hydrogen (secondary N) is 1. The van der Waals surface area contributed by atoms with E-state index in [9.17, 15) is 8.42 Å². The monoisotopic (exact) mass is 392 g/mol. The molecule has 0 aliphatic rings. The van der Waals surface area contributed by atoms with E-state index in [1.54, 1.807) is 35.2 Å². The molecule has 0 amide bonds. The molecule has 0 saturated carbocycles. The lowest BCUT2D eigenvalue weighted by Gasteiger charge is -2.13. The van der Waals surface area contributed by atoms with E-state index in [1.807, 2.05) is 12.1 Å². The number of rotatable bonds is 6. The Hall–Kier alpha value is -2.49. The highest BCUT2D eigenvalue weighted by atomic mass is 35.5. The molecular formula is C16H17ClN6O2S. The predicted octanol–water partition coefficient (Wildman–Crippen LogP) is 2.07. The van der Waals surface area contributed by atoms with Gasteiger partial charge in [0.2, 0.25) is 5.95 Å². The van der Waals surface area contributed by atoms with Crippen molar-refractivity contribution in [2.45, 2.75) is 11.9 Å². The molecule has 1 unspecified atom stereocenters. The second-order valence-corrected chi connectivity index (χ2v) is 8.40. The van der Waals surface area contributed by atoms with E-state index in [-0.39, 0.29) is 6.54 Å². The third kappa shape index (κ3) is 4.37. The van der Waals surface area contributed by atoms with Crippen LogP contribution >= 0.6 is 11.6 Å². The van der Waals surface area contributed by atoms with Gasteiger partial charge in [-0.1, -0.05) is 17.7 Å². The van der Waals surface area contributed by atoms with Gasteiger partial charge in [0.25, 0.3) is 0 Å². The lowest BCUT2D eigenvalue weighted by Crippen LogP contribution is -2.34. The lowest BCUT2D eigenvalue weighted by atomic mass is 10.3. The predicted molar refractivity (Wildman–Crippen MR) is 101 cm³/mol. The van der Waals surface area contributed by atoms with Crippen molar-refractivity contribution in [1.82, 2.24) is 19.5 Å². The topological polar surface area (TPSA) is 116 Å². The minimum Gasteiger partial charge on any atom is -0.327 e. The molecule has 0 bridgehead atoms. The zero-order valence-electron chi connectivity index (χ0n) is 13.9. The summed E-state index contributed by atoms with van der Waals surface area (Å²) >= 11 is 5.98. The Morgan fingerprint density at radius 2 is 2.15 bits per heavy atom. The maximum absolute atomic E-state index is 11.6. The molecule has 136 valence electrons. The van der Waals surface area contributed by atoms with Gasteiger partial charge in [0.15, 0.2) is 9.84 Å². The second-order valence-electron chi connectivity index (χ2n) is 5.70.